The summed E-state index contributed by atoms with van der Waals surface area (Å²) in [5.41, 5.74) is 2.68. The van der Waals surface area contributed by atoms with Crippen LogP contribution in [0.5, 0.6) is 0 Å². The summed E-state index contributed by atoms with van der Waals surface area (Å²) >= 11 is 0. The Morgan fingerprint density at radius 2 is 1.50 bits per heavy atom. The van der Waals surface area contributed by atoms with Gasteiger partial charge in [0, 0.05) is 19.6 Å². The van der Waals surface area contributed by atoms with Crippen LogP contribution in [0.25, 0.3) is 0 Å². The monoisotopic (exact) mass is 321 g/mol. The second-order valence-electron chi connectivity index (χ2n) is 6.08. The molecule has 1 unspecified atom stereocenters. The number of nitrogens with zero attached hydrogens (tertiary/aromatic N) is 2. The summed E-state index contributed by atoms with van der Waals surface area (Å²) in [5.74, 6) is 0. The highest BCUT2D eigenvalue weighted by Crippen LogP contribution is 2.10. The van der Waals surface area contributed by atoms with Crippen molar-refractivity contribution in [3.63, 3.8) is 0 Å². The van der Waals surface area contributed by atoms with Crippen LogP contribution in [0.2, 0.25) is 0 Å². The number of nitrogens with one attached hydrogen (secondary N) is 1. The molecular formula is C21H27N3. The van der Waals surface area contributed by atoms with Crippen LogP contribution < -0.4 is 5.32 Å². The van der Waals surface area contributed by atoms with E-state index in [1.165, 1.54) is 11.1 Å². The van der Waals surface area contributed by atoms with Crippen molar-refractivity contribution in [2.75, 3.05) is 13.1 Å². The van der Waals surface area contributed by atoms with Gasteiger partial charge in [-0.2, -0.15) is 5.26 Å². The van der Waals surface area contributed by atoms with Gasteiger partial charge in [-0.1, -0.05) is 67.6 Å². The number of hydrogen-bond acceptors (Lipinski definition) is 3. The zero-order chi connectivity index (χ0) is 17.0. The smallest absolute Gasteiger partial charge is 0.0950 e. The Morgan fingerprint density at radius 3 is 1.96 bits per heavy atom. The molecule has 0 bridgehead atoms. The Bertz CT molecular complexity index is 562. The maximum Gasteiger partial charge on any atom is 0.0950 e. The number of hydrogen-bond donors (Lipinski definition) is 1. The molecule has 0 saturated carbocycles. The van der Waals surface area contributed by atoms with Gasteiger partial charge in [0.05, 0.1) is 12.1 Å². The molecule has 0 spiro atoms. The molecule has 0 heterocycles. The molecule has 0 aliphatic heterocycles. The number of nitriles is 1. The topological polar surface area (TPSA) is 39.1 Å². The molecule has 3 heteroatoms. The Morgan fingerprint density at radius 1 is 0.958 bits per heavy atom. The average molecular weight is 321 g/mol. The van der Waals surface area contributed by atoms with E-state index in [2.05, 4.69) is 76.9 Å². The lowest BCUT2D eigenvalue weighted by Gasteiger charge is -2.23. The molecule has 126 valence electrons. The molecule has 0 aliphatic carbocycles. The van der Waals surface area contributed by atoms with Crippen LogP contribution in [0.3, 0.4) is 0 Å². The molecule has 1 N–H and O–H groups in total. The number of rotatable bonds is 10. The minimum absolute atomic E-state index is 0.0262. The molecular weight excluding hydrogens is 294 g/mol. The van der Waals surface area contributed by atoms with Crippen molar-refractivity contribution in [2.24, 2.45) is 0 Å². The van der Waals surface area contributed by atoms with Crippen molar-refractivity contribution in [2.45, 2.75) is 38.9 Å². The number of benzene rings is 2. The van der Waals surface area contributed by atoms with Crippen molar-refractivity contribution in [3.8, 4) is 6.07 Å². The Hall–Kier alpha value is -2.15. The van der Waals surface area contributed by atoms with Crippen LogP contribution in [0.4, 0.5) is 0 Å². The van der Waals surface area contributed by atoms with Gasteiger partial charge in [0.25, 0.3) is 0 Å². The third-order valence-electron chi connectivity index (χ3n) is 4.10. The molecule has 0 fully saturated rings. The Labute approximate surface area is 145 Å². The van der Waals surface area contributed by atoms with Crippen molar-refractivity contribution in [3.05, 3.63) is 71.8 Å². The summed E-state index contributed by atoms with van der Waals surface area (Å²) in [7, 11) is 0. The molecule has 24 heavy (non-hydrogen) atoms. The lowest BCUT2D eigenvalue weighted by atomic mass is 10.1. The molecule has 0 aliphatic rings. The normalized spacial score (nSPS) is 12.0. The third kappa shape index (κ3) is 6.54. The van der Waals surface area contributed by atoms with Crippen LogP contribution >= 0.6 is 0 Å². The highest BCUT2D eigenvalue weighted by Gasteiger charge is 2.08. The van der Waals surface area contributed by atoms with Gasteiger partial charge in [-0.05, 0) is 30.5 Å². The fourth-order valence-corrected chi connectivity index (χ4v) is 2.76. The predicted octanol–water partition coefficient (Wildman–Crippen LogP) is 3.97. The summed E-state index contributed by atoms with van der Waals surface area (Å²) in [6.07, 6.45) is 1.89. The minimum Gasteiger partial charge on any atom is -0.302 e. The van der Waals surface area contributed by atoms with Gasteiger partial charge < -0.3 is 5.32 Å². The van der Waals surface area contributed by atoms with Crippen LogP contribution in [-0.2, 0) is 13.1 Å². The second kappa shape index (κ2) is 10.6. The van der Waals surface area contributed by atoms with E-state index in [-0.39, 0.29) is 6.04 Å². The fourth-order valence-electron chi connectivity index (χ4n) is 2.76. The van der Waals surface area contributed by atoms with Gasteiger partial charge >= 0.3 is 0 Å². The van der Waals surface area contributed by atoms with Crippen molar-refractivity contribution in [1.82, 2.24) is 10.2 Å². The first-order valence-electron chi connectivity index (χ1n) is 8.75. The van der Waals surface area contributed by atoms with E-state index in [1.54, 1.807) is 0 Å². The first-order chi connectivity index (χ1) is 11.8. The van der Waals surface area contributed by atoms with Crippen molar-refractivity contribution >= 4 is 0 Å². The van der Waals surface area contributed by atoms with Crippen molar-refractivity contribution < 1.29 is 0 Å². The van der Waals surface area contributed by atoms with Gasteiger partial charge in [0.1, 0.15) is 0 Å². The van der Waals surface area contributed by atoms with Gasteiger partial charge in [-0.3, -0.25) is 4.90 Å². The predicted molar refractivity (Wildman–Crippen MR) is 99.3 cm³/mol. The van der Waals surface area contributed by atoms with Crippen LogP contribution in [0.15, 0.2) is 60.7 Å². The molecule has 2 aromatic carbocycles. The van der Waals surface area contributed by atoms with E-state index in [0.29, 0.717) is 0 Å². The van der Waals surface area contributed by atoms with Crippen LogP contribution in [0, 0.1) is 11.3 Å². The van der Waals surface area contributed by atoms with Gasteiger partial charge in [0.2, 0.25) is 0 Å². The Balaban J connectivity index is 1.89. The van der Waals surface area contributed by atoms with Gasteiger partial charge in [-0.25, -0.2) is 0 Å². The lowest BCUT2D eigenvalue weighted by molar-refractivity contribution is 0.251. The molecule has 0 radical (unpaired) electrons. The van der Waals surface area contributed by atoms with E-state index in [4.69, 9.17) is 5.26 Å². The molecule has 3 nitrogen and oxygen atoms in total. The molecule has 0 amide bonds. The summed E-state index contributed by atoms with van der Waals surface area (Å²) in [6.45, 7) is 5.83. The highest BCUT2D eigenvalue weighted by atomic mass is 15.1. The lowest BCUT2D eigenvalue weighted by Crippen LogP contribution is -2.31. The first-order valence-corrected chi connectivity index (χ1v) is 8.75. The second-order valence-corrected chi connectivity index (χ2v) is 6.08. The maximum atomic E-state index is 9.00. The zero-order valence-electron chi connectivity index (χ0n) is 14.5. The van der Waals surface area contributed by atoms with Crippen LogP contribution in [0.1, 0.15) is 30.9 Å². The molecule has 2 aromatic rings. The largest absolute Gasteiger partial charge is 0.302 e. The molecule has 0 saturated heterocycles. The summed E-state index contributed by atoms with van der Waals surface area (Å²) in [6, 6.07) is 23.5. The average Bonchev–Trinajstić information content (AvgIpc) is 2.63. The quantitative estimate of drug-likeness (QED) is 0.673. The first kappa shape index (κ1) is 18.2. The standard InChI is InChI=1S/C21H27N3/c1-2-21(16-22)23-14-9-15-24(17-19-10-5-3-6-11-19)18-20-12-7-4-8-13-20/h3-8,10-13,21,23H,2,9,14-15,17-18H2,1H3. The fraction of sp³-hybridized carbons (Fsp3) is 0.381. The van der Waals surface area contributed by atoms with E-state index in [0.717, 1.165) is 39.0 Å². The molecule has 0 aromatic heterocycles. The SMILES string of the molecule is CCC(C#N)NCCCN(Cc1ccccc1)Cc1ccccc1. The Kier molecular flexibility index (Phi) is 8.03. The molecule has 1 atom stereocenters. The van der Waals surface area contributed by atoms with Gasteiger partial charge in [0.15, 0.2) is 0 Å². The highest BCUT2D eigenvalue weighted by molar-refractivity contribution is 5.17. The molecule has 2 rings (SSSR count). The van der Waals surface area contributed by atoms with E-state index in [9.17, 15) is 0 Å². The summed E-state index contributed by atoms with van der Waals surface area (Å²) in [5, 5.41) is 12.3. The van der Waals surface area contributed by atoms with Crippen LogP contribution in [-0.4, -0.2) is 24.0 Å². The zero-order valence-corrected chi connectivity index (χ0v) is 14.5. The van der Waals surface area contributed by atoms with E-state index in [1.807, 2.05) is 6.92 Å². The van der Waals surface area contributed by atoms with Crippen molar-refractivity contribution in [1.29, 1.82) is 5.26 Å². The van der Waals surface area contributed by atoms with E-state index >= 15 is 0 Å². The summed E-state index contributed by atoms with van der Waals surface area (Å²) < 4.78 is 0. The third-order valence-corrected chi connectivity index (χ3v) is 4.10. The van der Waals surface area contributed by atoms with Gasteiger partial charge in [-0.15, -0.1) is 0 Å². The minimum atomic E-state index is -0.0262. The maximum absolute atomic E-state index is 9.00. The summed E-state index contributed by atoms with van der Waals surface area (Å²) in [4.78, 5) is 2.47. The van der Waals surface area contributed by atoms with E-state index < -0.39 is 0 Å².